The number of esters is 1. The summed E-state index contributed by atoms with van der Waals surface area (Å²) in [7, 11) is 1.94. The second-order valence-electron chi connectivity index (χ2n) is 3.71. The SMILES string of the molecule is CCOC(=O)C1Cc2ccccc2N1C. The van der Waals surface area contributed by atoms with Crippen molar-refractivity contribution >= 4 is 11.7 Å². The molecule has 3 heteroatoms. The number of likely N-dealkylation sites (N-methyl/N-ethyl adjacent to an activating group) is 1. The molecule has 1 aromatic rings. The van der Waals surface area contributed by atoms with Gasteiger partial charge in [-0.2, -0.15) is 0 Å². The Kier molecular flexibility index (Phi) is 2.62. The minimum Gasteiger partial charge on any atom is -0.464 e. The summed E-state index contributed by atoms with van der Waals surface area (Å²) in [6.45, 7) is 2.28. The van der Waals surface area contributed by atoms with E-state index in [1.807, 2.05) is 37.1 Å². The van der Waals surface area contributed by atoms with Crippen LogP contribution in [0.2, 0.25) is 0 Å². The van der Waals surface area contributed by atoms with Gasteiger partial charge in [0, 0.05) is 19.2 Å². The van der Waals surface area contributed by atoms with Crippen molar-refractivity contribution in [1.82, 2.24) is 0 Å². The van der Waals surface area contributed by atoms with Crippen molar-refractivity contribution in [2.24, 2.45) is 0 Å². The van der Waals surface area contributed by atoms with Gasteiger partial charge in [-0.15, -0.1) is 0 Å². The molecule has 1 heterocycles. The molecule has 1 unspecified atom stereocenters. The van der Waals surface area contributed by atoms with Crippen LogP contribution in [-0.4, -0.2) is 25.7 Å². The van der Waals surface area contributed by atoms with Crippen LogP contribution in [0.1, 0.15) is 12.5 Å². The zero-order chi connectivity index (χ0) is 10.8. The molecule has 1 aromatic carbocycles. The lowest BCUT2D eigenvalue weighted by Crippen LogP contribution is -2.37. The van der Waals surface area contributed by atoms with Gasteiger partial charge in [-0.1, -0.05) is 18.2 Å². The van der Waals surface area contributed by atoms with Crippen molar-refractivity contribution in [3.63, 3.8) is 0 Å². The highest BCUT2D eigenvalue weighted by molar-refractivity contribution is 5.83. The van der Waals surface area contributed by atoms with Crippen molar-refractivity contribution in [1.29, 1.82) is 0 Å². The Morgan fingerprint density at radius 2 is 2.27 bits per heavy atom. The Morgan fingerprint density at radius 1 is 1.53 bits per heavy atom. The first kappa shape index (κ1) is 10.0. The van der Waals surface area contributed by atoms with Gasteiger partial charge in [-0.05, 0) is 18.6 Å². The molecule has 1 atom stereocenters. The number of nitrogens with zero attached hydrogens (tertiary/aromatic N) is 1. The molecule has 3 nitrogen and oxygen atoms in total. The Bertz CT molecular complexity index is 376. The highest BCUT2D eigenvalue weighted by Gasteiger charge is 2.32. The topological polar surface area (TPSA) is 29.5 Å². The van der Waals surface area contributed by atoms with E-state index >= 15 is 0 Å². The van der Waals surface area contributed by atoms with Crippen molar-refractivity contribution in [2.45, 2.75) is 19.4 Å². The van der Waals surface area contributed by atoms with Gasteiger partial charge in [0.25, 0.3) is 0 Å². The average Bonchev–Trinajstić information content (AvgIpc) is 2.57. The van der Waals surface area contributed by atoms with Gasteiger partial charge in [0.2, 0.25) is 0 Å². The minimum absolute atomic E-state index is 0.129. The van der Waals surface area contributed by atoms with Crippen LogP contribution in [0.4, 0.5) is 5.69 Å². The van der Waals surface area contributed by atoms with Crippen LogP contribution in [0.5, 0.6) is 0 Å². The molecule has 80 valence electrons. The molecular formula is C12H15NO2. The maximum atomic E-state index is 11.7. The summed E-state index contributed by atoms with van der Waals surface area (Å²) < 4.78 is 5.05. The Morgan fingerprint density at radius 3 is 2.93 bits per heavy atom. The van der Waals surface area contributed by atoms with Crippen LogP contribution in [0, 0.1) is 0 Å². The minimum atomic E-state index is -0.151. The number of rotatable bonds is 2. The number of fused-ring (bicyclic) bond motifs is 1. The molecule has 0 amide bonds. The van der Waals surface area contributed by atoms with E-state index in [9.17, 15) is 4.79 Å². The summed E-state index contributed by atoms with van der Waals surface area (Å²) in [5, 5.41) is 0. The first-order valence-electron chi connectivity index (χ1n) is 5.21. The molecule has 0 aliphatic carbocycles. The van der Waals surface area contributed by atoms with Gasteiger partial charge in [-0.3, -0.25) is 0 Å². The monoisotopic (exact) mass is 205 g/mol. The highest BCUT2D eigenvalue weighted by Crippen LogP contribution is 2.30. The summed E-state index contributed by atoms with van der Waals surface area (Å²) in [6.07, 6.45) is 0.755. The zero-order valence-electron chi connectivity index (χ0n) is 9.06. The first-order chi connectivity index (χ1) is 7.24. The number of carbonyl (C=O) groups excluding carboxylic acids is 1. The van der Waals surface area contributed by atoms with Crippen molar-refractivity contribution in [2.75, 3.05) is 18.6 Å². The Hall–Kier alpha value is -1.51. The van der Waals surface area contributed by atoms with Gasteiger partial charge in [0.1, 0.15) is 6.04 Å². The molecule has 15 heavy (non-hydrogen) atoms. The van der Waals surface area contributed by atoms with E-state index in [2.05, 4.69) is 6.07 Å². The molecule has 1 aliphatic rings. The molecule has 0 N–H and O–H groups in total. The normalized spacial score (nSPS) is 18.8. The molecule has 0 aromatic heterocycles. The third-order valence-electron chi connectivity index (χ3n) is 2.81. The van der Waals surface area contributed by atoms with E-state index in [4.69, 9.17) is 4.74 Å². The van der Waals surface area contributed by atoms with Crippen LogP contribution in [0.25, 0.3) is 0 Å². The predicted octanol–water partition coefficient (Wildman–Crippen LogP) is 1.61. The van der Waals surface area contributed by atoms with Gasteiger partial charge in [-0.25, -0.2) is 4.79 Å². The lowest BCUT2D eigenvalue weighted by atomic mass is 10.1. The van der Waals surface area contributed by atoms with Gasteiger partial charge < -0.3 is 9.64 Å². The van der Waals surface area contributed by atoms with Crippen molar-refractivity contribution in [3.8, 4) is 0 Å². The van der Waals surface area contributed by atoms with Gasteiger partial charge >= 0.3 is 5.97 Å². The molecule has 2 rings (SSSR count). The predicted molar refractivity (Wildman–Crippen MR) is 59.0 cm³/mol. The highest BCUT2D eigenvalue weighted by atomic mass is 16.5. The fraction of sp³-hybridized carbons (Fsp3) is 0.417. The first-order valence-corrected chi connectivity index (χ1v) is 5.21. The van der Waals surface area contributed by atoms with Crippen molar-refractivity contribution < 1.29 is 9.53 Å². The van der Waals surface area contributed by atoms with Gasteiger partial charge in [0.05, 0.1) is 6.61 Å². The van der Waals surface area contributed by atoms with E-state index in [1.165, 1.54) is 5.56 Å². The number of para-hydroxylation sites is 1. The second-order valence-corrected chi connectivity index (χ2v) is 3.71. The molecular weight excluding hydrogens is 190 g/mol. The zero-order valence-corrected chi connectivity index (χ0v) is 9.06. The van der Waals surface area contributed by atoms with Crippen LogP contribution >= 0.6 is 0 Å². The molecule has 0 fully saturated rings. The Labute approximate surface area is 89.7 Å². The third-order valence-corrected chi connectivity index (χ3v) is 2.81. The number of ether oxygens (including phenoxy) is 1. The number of carbonyl (C=O) groups is 1. The summed E-state index contributed by atoms with van der Waals surface area (Å²) in [4.78, 5) is 13.7. The van der Waals surface area contributed by atoms with E-state index in [-0.39, 0.29) is 12.0 Å². The lowest BCUT2D eigenvalue weighted by Gasteiger charge is -2.20. The molecule has 0 saturated carbocycles. The van der Waals surface area contributed by atoms with Gasteiger partial charge in [0.15, 0.2) is 0 Å². The van der Waals surface area contributed by atoms with E-state index in [0.29, 0.717) is 6.61 Å². The molecule has 0 bridgehead atoms. The van der Waals surface area contributed by atoms with E-state index in [0.717, 1.165) is 12.1 Å². The van der Waals surface area contributed by atoms with E-state index < -0.39 is 0 Å². The van der Waals surface area contributed by atoms with Crippen LogP contribution in [0.3, 0.4) is 0 Å². The van der Waals surface area contributed by atoms with Crippen LogP contribution < -0.4 is 4.90 Å². The number of benzene rings is 1. The quantitative estimate of drug-likeness (QED) is 0.687. The summed E-state index contributed by atoms with van der Waals surface area (Å²) >= 11 is 0. The maximum Gasteiger partial charge on any atom is 0.329 e. The summed E-state index contributed by atoms with van der Waals surface area (Å²) in [5.41, 5.74) is 2.36. The average molecular weight is 205 g/mol. The molecule has 0 radical (unpaired) electrons. The van der Waals surface area contributed by atoms with Crippen molar-refractivity contribution in [3.05, 3.63) is 29.8 Å². The number of hydrogen-bond donors (Lipinski definition) is 0. The fourth-order valence-corrected chi connectivity index (χ4v) is 2.02. The standard InChI is InChI=1S/C12H15NO2/c1-3-15-12(14)11-8-9-6-4-5-7-10(9)13(11)2/h4-7,11H,3,8H2,1-2H3. The Balaban J connectivity index is 2.19. The maximum absolute atomic E-state index is 11.7. The van der Waals surface area contributed by atoms with E-state index in [1.54, 1.807) is 0 Å². The summed E-state index contributed by atoms with van der Waals surface area (Å²) in [5.74, 6) is -0.129. The van der Waals surface area contributed by atoms with Crippen LogP contribution in [-0.2, 0) is 16.0 Å². The second kappa shape index (κ2) is 3.93. The third kappa shape index (κ3) is 1.69. The largest absolute Gasteiger partial charge is 0.464 e. The smallest absolute Gasteiger partial charge is 0.329 e. The molecule has 0 saturated heterocycles. The fourth-order valence-electron chi connectivity index (χ4n) is 2.02. The molecule has 1 aliphatic heterocycles. The summed E-state index contributed by atoms with van der Waals surface area (Å²) in [6, 6.07) is 7.94. The number of anilines is 1. The lowest BCUT2D eigenvalue weighted by molar-refractivity contribution is -0.144. The molecule has 0 spiro atoms. The number of hydrogen-bond acceptors (Lipinski definition) is 3. The van der Waals surface area contributed by atoms with Crippen LogP contribution in [0.15, 0.2) is 24.3 Å².